The number of hydrogen-bond acceptors (Lipinski definition) is 5. The predicted molar refractivity (Wildman–Crippen MR) is 101 cm³/mol. The molecule has 6 heteroatoms. The molecule has 130 valence electrons. The van der Waals surface area contributed by atoms with E-state index in [0.717, 1.165) is 22.5 Å². The number of carbonyl (C=O) groups excluding carboxylic acids is 1. The fourth-order valence-electron chi connectivity index (χ4n) is 2.77. The number of benzene rings is 2. The molecule has 0 bridgehead atoms. The van der Waals surface area contributed by atoms with Gasteiger partial charge < -0.3 is 20.9 Å². The van der Waals surface area contributed by atoms with E-state index < -0.39 is 0 Å². The molecular weight excluding hydrogens is 326 g/mol. The normalized spacial score (nSPS) is 13.3. The van der Waals surface area contributed by atoms with Gasteiger partial charge in [0.2, 0.25) is 0 Å². The summed E-state index contributed by atoms with van der Waals surface area (Å²) in [5.41, 5.74) is 3.93. The van der Waals surface area contributed by atoms with Crippen molar-refractivity contribution in [3.63, 3.8) is 0 Å². The van der Waals surface area contributed by atoms with E-state index in [4.69, 9.17) is 10.7 Å². The minimum absolute atomic E-state index is 0.149. The molecule has 0 fully saturated rings. The minimum atomic E-state index is -0.149. The molecule has 26 heavy (non-hydrogen) atoms. The van der Waals surface area contributed by atoms with Crippen LogP contribution in [0.4, 0.5) is 5.69 Å². The molecule has 1 aliphatic heterocycles. The van der Waals surface area contributed by atoms with E-state index in [1.807, 2.05) is 36.4 Å². The first-order chi connectivity index (χ1) is 12.7. The van der Waals surface area contributed by atoms with Gasteiger partial charge in [-0.2, -0.15) is 5.26 Å². The van der Waals surface area contributed by atoms with Crippen LogP contribution in [0.1, 0.15) is 15.9 Å². The van der Waals surface area contributed by atoms with Gasteiger partial charge in [-0.05, 0) is 23.8 Å². The van der Waals surface area contributed by atoms with Gasteiger partial charge in [-0.1, -0.05) is 36.4 Å². The van der Waals surface area contributed by atoms with Crippen molar-refractivity contribution in [2.75, 3.05) is 18.4 Å². The number of amides is 1. The van der Waals surface area contributed by atoms with Gasteiger partial charge in [-0.3, -0.25) is 4.79 Å². The monoisotopic (exact) mass is 345 g/mol. The zero-order valence-electron chi connectivity index (χ0n) is 14.2. The van der Waals surface area contributed by atoms with Crippen LogP contribution >= 0.6 is 0 Å². The van der Waals surface area contributed by atoms with Crippen molar-refractivity contribution in [1.82, 2.24) is 10.2 Å². The number of nitrogens with one attached hydrogen (secondary N) is 3. The Balaban J connectivity index is 1.67. The maximum atomic E-state index is 12.4. The fraction of sp³-hybridized carbons (Fsp3) is 0.150. The summed E-state index contributed by atoms with van der Waals surface area (Å²) in [6, 6.07) is 16.9. The van der Waals surface area contributed by atoms with Crippen LogP contribution in [0.25, 0.3) is 0 Å². The average Bonchev–Trinajstić information content (AvgIpc) is 3.09. The van der Waals surface area contributed by atoms with Crippen LogP contribution in [-0.2, 0) is 6.54 Å². The second kappa shape index (κ2) is 7.99. The molecule has 1 heterocycles. The number of nitrogens with zero attached hydrogens (tertiary/aromatic N) is 2. The summed E-state index contributed by atoms with van der Waals surface area (Å²) in [6.07, 6.45) is 3.35. The zero-order chi connectivity index (χ0) is 18.4. The van der Waals surface area contributed by atoms with Crippen LogP contribution in [0.15, 0.2) is 65.9 Å². The van der Waals surface area contributed by atoms with E-state index in [2.05, 4.69) is 16.8 Å². The number of anilines is 1. The molecule has 3 rings (SSSR count). The molecule has 0 spiro atoms. The summed E-state index contributed by atoms with van der Waals surface area (Å²) in [7, 11) is 0. The Morgan fingerprint density at radius 2 is 2.00 bits per heavy atom. The molecule has 0 aliphatic carbocycles. The van der Waals surface area contributed by atoms with E-state index in [1.165, 1.54) is 6.21 Å². The summed E-state index contributed by atoms with van der Waals surface area (Å²) in [5, 5.41) is 22.6. The van der Waals surface area contributed by atoms with Crippen molar-refractivity contribution >= 4 is 17.8 Å². The second-order valence-corrected chi connectivity index (χ2v) is 5.98. The van der Waals surface area contributed by atoms with Crippen molar-refractivity contribution in [3.8, 4) is 6.19 Å². The Morgan fingerprint density at radius 1 is 1.19 bits per heavy atom. The van der Waals surface area contributed by atoms with Gasteiger partial charge in [0.15, 0.2) is 6.19 Å². The fourth-order valence-corrected chi connectivity index (χ4v) is 2.77. The summed E-state index contributed by atoms with van der Waals surface area (Å²) < 4.78 is 0. The van der Waals surface area contributed by atoms with Crippen molar-refractivity contribution in [2.24, 2.45) is 0 Å². The topological polar surface area (TPSA) is 92.0 Å². The SMILES string of the molecule is N#CN1CC(C=N)=C(Nc2cccc(C(=O)NCc3ccccc3)c2)C1. The van der Waals surface area contributed by atoms with Crippen LogP contribution in [0, 0.1) is 16.9 Å². The predicted octanol–water partition coefficient (Wildman–Crippen LogP) is 2.73. The second-order valence-electron chi connectivity index (χ2n) is 5.98. The molecule has 0 atom stereocenters. The summed E-state index contributed by atoms with van der Waals surface area (Å²) in [6.45, 7) is 1.34. The Labute approximate surface area is 152 Å². The Kier molecular flexibility index (Phi) is 5.30. The van der Waals surface area contributed by atoms with Gasteiger partial charge in [0, 0.05) is 35.3 Å². The van der Waals surface area contributed by atoms with Gasteiger partial charge in [0.1, 0.15) is 0 Å². The van der Waals surface area contributed by atoms with E-state index >= 15 is 0 Å². The lowest BCUT2D eigenvalue weighted by Crippen LogP contribution is -2.22. The lowest BCUT2D eigenvalue weighted by Gasteiger charge is -2.11. The molecule has 6 nitrogen and oxygen atoms in total. The van der Waals surface area contributed by atoms with E-state index in [0.29, 0.717) is 25.2 Å². The molecule has 1 aliphatic rings. The smallest absolute Gasteiger partial charge is 0.251 e. The largest absolute Gasteiger partial charge is 0.357 e. The molecule has 0 saturated carbocycles. The highest BCUT2D eigenvalue weighted by Gasteiger charge is 2.19. The molecule has 0 radical (unpaired) electrons. The highest BCUT2D eigenvalue weighted by atomic mass is 16.1. The maximum Gasteiger partial charge on any atom is 0.251 e. The Morgan fingerprint density at radius 3 is 2.73 bits per heavy atom. The van der Waals surface area contributed by atoms with E-state index in [9.17, 15) is 4.79 Å². The third-order valence-corrected chi connectivity index (χ3v) is 4.13. The first-order valence-electron chi connectivity index (χ1n) is 8.26. The summed E-state index contributed by atoms with van der Waals surface area (Å²) in [5.74, 6) is -0.149. The van der Waals surface area contributed by atoms with Gasteiger partial charge >= 0.3 is 0 Å². The van der Waals surface area contributed by atoms with Crippen LogP contribution < -0.4 is 10.6 Å². The minimum Gasteiger partial charge on any atom is -0.357 e. The van der Waals surface area contributed by atoms with E-state index in [1.54, 1.807) is 23.1 Å². The third kappa shape index (κ3) is 4.08. The van der Waals surface area contributed by atoms with Crippen LogP contribution in [0.5, 0.6) is 0 Å². The number of nitriles is 1. The molecular formula is C20H19N5O. The van der Waals surface area contributed by atoms with Crippen molar-refractivity contribution in [3.05, 3.63) is 77.0 Å². The van der Waals surface area contributed by atoms with Gasteiger partial charge in [0.25, 0.3) is 5.91 Å². The molecule has 0 aromatic heterocycles. The molecule has 3 N–H and O–H groups in total. The van der Waals surface area contributed by atoms with Crippen molar-refractivity contribution in [2.45, 2.75) is 6.54 Å². The highest BCUT2D eigenvalue weighted by Crippen LogP contribution is 2.19. The van der Waals surface area contributed by atoms with Gasteiger partial charge in [-0.15, -0.1) is 0 Å². The quantitative estimate of drug-likeness (QED) is 0.554. The lowest BCUT2D eigenvalue weighted by molar-refractivity contribution is 0.0951. The molecule has 0 saturated heterocycles. The zero-order valence-corrected chi connectivity index (χ0v) is 14.2. The Bertz CT molecular complexity index is 883. The summed E-state index contributed by atoms with van der Waals surface area (Å²) in [4.78, 5) is 14.0. The van der Waals surface area contributed by atoms with E-state index in [-0.39, 0.29) is 5.91 Å². The molecule has 1 amide bonds. The highest BCUT2D eigenvalue weighted by molar-refractivity contribution is 5.95. The lowest BCUT2D eigenvalue weighted by atomic mass is 10.1. The maximum absolute atomic E-state index is 12.4. The first-order valence-corrected chi connectivity index (χ1v) is 8.26. The van der Waals surface area contributed by atoms with Gasteiger partial charge in [0.05, 0.1) is 13.1 Å². The number of carbonyl (C=O) groups is 1. The first kappa shape index (κ1) is 17.2. The van der Waals surface area contributed by atoms with Crippen molar-refractivity contribution in [1.29, 1.82) is 10.7 Å². The molecule has 2 aromatic carbocycles. The van der Waals surface area contributed by atoms with Crippen LogP contribution in [0.3, 0.4) is 0 Å². The average molecular weight is 345 g/mol. The van der Waals surface area contributed by atoms with Crippen molar-refractivity contribution < 1.29 is 4.79 Å². The third-order valence-electron chi connectivity index (χ3n) is 4.13. The molecule has 2 aromatic rings. The number of hydrogen-bond donors (Lipinski definition) is 3. The summed E-state index contributed by atoms with van der Waals surface area (Å²) >= 11 is 0. The van der Waals surface area contributed by atoms with Crippen LogP contribution in [-0.4, -0.2) is 30.1 Å². The molecule has 0 unspecified atom stereocenters. The van der Waals surface area contributed by atoms with Gasteiger partial charge in [-0.25, -0.2) is 0 Å². The number of rotatable bonds is 6. The Hall–Kier alpha value is -3.59. The van der Waals surface area contributed by atoms with Crippen LogP contribution in [0.2, 0.25) is 0 Å². The standard InChI is InChI=1S/C20H19N5O/c21-10-17-12-25(14-22)13-19(17)24-18-8-4-7-16(9-18)20(26)23-11-15-5-2-1-3-6-15/h1-10,21,24H,11-13H2,(H,23,26).